The summed E-state index contributed by atoms with van der Waals surface area (Å²) in [7, 11) is 1.61. The molecule has 0 aliphatic carbocycles. The van der Waals surface area contributed by atoms with E-state index < -0.39 is 11.9 Å². The first-order valence-electron chi connectivity index (χ1n) is 5.50. The minimum atomic E-state index is -1.23. The van der Waals surface area contributed by atoms with Crippen LogP contribution in [0.15, 0.2) is 18.2 Å². The van der Waals surface area contributed by atoms with E-state index in [0.717, 1.165) is 0 Å². The van der Waals surface area contributed by atoms with Gasteiger partial charge in [0.15, 0.2) is 12.4 Å². The Morgan fingerprint density at radius 3 is 3.00 bits per heavy atom. The van der Waals surface area contributed by atoms with Crippen LogP contribution in [0.25, 0.3) is 0 Å². The number of ether oxygens (including phenoxy) is 1. The number of fused-ring (bicyclic) bond motifs is 1. The maximum absolute atomic E-state index is 11.8. The van der Waals surface area contributed by atoms with Gasteiger partial charge in [-0.25, -0.2) is 0 Å². The first kappa shape index (κ1) is 12.5. The average Bonchev–Trinajstić information content (AvgIpc) is 2.41. The van der Waals surface area contributed by atoms with Gasteiger partial charge in [-0.15, -0.1) is 0 Å². The van der Waals surface area contributed by atoms with Crippen molar-refractivity contribution >= 4 is 17.4 Å². The third-order valence-corrected chi connectivity index (χ3v) is 2.86. The van der Waals surface area contributed by atoms with Crippen molar-refractivity contribution in [1.82, 2.24) is 0 Å². The highest BCUT2D eigenvalue weighted by atomic mass is 16.5. The van der Waals surface area contributed by atoms with E-state index in [1.165, 1.54) is 11.0 Å². The Bertz CT molecular complexity index is 501. The number of carbonyl (C=O) groups excluding carboxylic acids is 2. The summed E-state index contributed by atoms with van der Waals surface area (Å²) in [6.07, 6.45) is -1.23. The number of carbonyl (C=O) groups is 2. The van der Waals surface area contributed by atoms with Crippen LogP contribution in [0.4, 0.5) is 5.69 Å². The van der Waals surface area contributed by atoms with Crippen molar-refractivity contribution in [2.75, 3.05) is 25.1 Å². The molecule has 0 radical (unpaired) electrons. The number of aliphatic hydroxyl groups is 1. The highest BCUT2D eigenvalue weighted by Gasteiger charge is 2.24. The van der Waals surface area contributed by atoms with Gasteiger partial charge >= 0.3 is 0 Å². The van der Waals surface area contributed by atoms with E-state index in [1.807, 2.05) is 0 Å². The van der Waals surface area contributed by atoms with Gasteiger partial charge in [0.05, 0.1) is 5.69 Å². The monoisotopic (exact) mass is 250 g/mol. The normalized spacial score (nSPS) is 15.9. The SMILES string of the molecule is CN1C(=O)COc2ccc(C(=O)C(O)CN)cc21. The van der Waals surface area contributed by atoms with Gasteiger partial charge < -0.3 is 20.5 Å². The molecule has 1 heterocycles. The molecule has 96 valence electrons. The first-order chi connectivity index (χ1) is 8.54. The lowest BCUT2D eigenvalue weighted by atomic mass is 10.0. The topological polar surface area (TPSA) is 92.9 Å². The molecule has 1 aliphatic rings. The summed E-state index contributed by atoms with van der Waals surface area (Å²) in [5.41, 5.74) is 6.06. The van der Waals surface area contributed by atoms with E-state index in [9.17, 15) is 14.7 Å². The molecule has 0 saturated heterocycles. The van der Waals surface area contributed by atoms with Crippen LogP contribution < -0.4 is 15.4 Å². The van der Waals surface area contributed by atoms with Crippen molar-refractivity contribution in [3.63, 3.8) is 0 Å². The number of nitrogens with zero attached hydrogens (tertiary/aromatic N) is 1. The minimum absolute atomic E-state index is 0.0117. The van der Waals surface area contributed by atoms with Crippen molar-refractivity contribution < 1.29 is 19.4 Å². The Balaban J connectivity index is 2.37. The van der Waals surface area contributed by atoms with Gasteiger partial charge in [0.2, 0.25) is 0 Å². The summed E-state index contributed by atoms with van der Waals surface area (Å²) < 4.78 is 5.24. The molecule has 1 amide bonds. The second-order valence-corrected chi connectivity index (χ2v) is 4.04. The van der Waals surface area contributed by atoms with Crippen LogP contribution in [-0.2, 0) is 4.79 Å². The van der Waals surface area contributed by atoms with Gasteiger partial charge in [-0.3, -0.25) is 9.59 Å². The number of Topliss-reactive ketones (excluding diaryl/α,β-unsaturated/α-hetero) is 1. The van der Waals surface area contributed by atoms with Crippen LogP contribution in [0, 0.1) is 0 Å². The molecule has 0 fully saturated rings. The van der Waals surface area contributed by atoms with Crippen LogP contribution >= 0.6 is 0 Å². The van der Waals surface area contributed by atoms with Gasteiger partial charge in [-0.2, -0.15) is 0 Å². The molecule has 18 heavy (non-hydrogen) atoms. The Labute approximate surface area is 104 Å². The lowest BCUT2D eigenvalue weighted by molar-refractivity contribution is -0.120. The molecule has 0 aromatic heterocycles. The number of likely N-dealkylation sites (N-methyl/N-ethyl adjacent to an activating group) is 1. The van der Waals surface area contributed by atoms with E-state index >= 15 is 0 Å². The zero-order valence-corrected chi connectivity index (χ0v) is 9.92. The summed E-state index contributed by atoms with van der Waals surface area (Å²) in [4.78, 5) is 24.7. The Hall–Kier alpha value is -1.92. The summed E-state index contributed by atoms with van der Waals surface area (Å²) in [6, 6.07) is 4.67. The summed E-state index contributed by atoms with van der Waals surface area (Å²) >= 11 is 0. The van der Waals surface area contributed by atoms with Crippen molar-refractivity contribution in [3.8, 4) is 5.75 Å². The number of rotatable bonds is 3. The minimum Gasteiger partial charge on any atom is -0.482 e. The lowest BCUT2D eigenvalue weighted by Crippen LogP contribution is -2.36. The lowest BCUT2D eigenvalue weighted by Gasteiger charge is -2.26. The first-order valence-corrected chi connectivity index (χ1v) is 5.50. The van der Waals surface area contributed by atoms with Gasteiger partial charge in [0, 0.05) is 19.2 Å². The van der Waals surface area contributed by atoms with Crippen LogP contribution in [0.1, 0.15) is 10.4 Å². The van der Waals surface area contributed by atoms with E-state index in [0.29, 0.717) is 17.0 Å². The van der Waals surface area contributed by atoms with Crippen molar-refractivity contribution in [2.24, 2.45) is 5.73 Å². The van der Waals surface area contributed by atoms with Crippen molar-refractivity contribution in [1.29, 1.82) is 0 Å². The second-order valence-electron chi connectivity index (χ2n) is 4.04. The number of anilines is 1. The predicted molar refractivity (Wildman–Crippen MR) is 64.7 cm³/mol. The van der Waals surface area contributed by atoms with Crippen LogP contribution in [0.3, 0.4) is 0 Å². The number of ketones is 1. The molecule has 0 saturated carbocycles. The highest BCUT2D eigenvalue weighted by Crippen LogP contribution is 2.32. The molecule has 0 spiro atoms. The van der Waals surface area contributed by atoms with Crippen LogP contribution in [0.2, 0.25) is 0 Å². The van der Waals surface area contributed by atoms with E-state index in [4.69, 9.17) is 10.5 Å². The molecular formula is C12H14N2O4. The molecule has 1 aromatic rings. The van der Waals surface area contributed by atoms with Crippen molar-refractivity contribution in [2.45, 2.75) is 6.10 Å². The fourth-order valence-electron chi connectivity index (χ4n) is 1.72. The smallest absolute Gasteiger partial charge is 0.264 e. The maximum Gasteiger partial charge on any atom is 0.264 e. The molecule has 1 atom stereocenters. The van der Waals surface area contributed by atoms with E-state index in [1.54, 1.807) is 19.2 Å². The number of aliphatic hydroxyl groups excluding tert-OH is 1. The van der Waals surface area contributed by atoms with Gasteiger partial charge in [0.1, 0.15) is 11.9 Å². The Morgan fingerprint density at radius 1 is 1.61 bits per heavy atom. The van der Waals surface area contributed by atoms with E-state index in [2.05, 4.69) is 0 Å². The standard InChI is InChI=1S/C12H14N2O4/c1-14-8-4-7(12(17)9(15)5-13)2-3-10(8)18-6-11(14)16/h2-4,9,15H,5-6,13H2,1H3. The number of hydrogen-bond donors (Lipinski definition) is 2. The number of amides is 1. The molecular weight excluding hydrogens is 236 g/mol. The highest BCUT2D eigenvalue weighted by molar-refractivity contribution is 6.03. The molecule has 3 N–H and O–H groups in total. The number of nitrogens with two attached hydrogens (primary N) is 1. The van der Waals surface area contributed by atoms with Gasteiger partial charge in [-0.05, 0) is 18.2 Å². The summed E-state index contributed by atoms with van der Waals surface area (Å²) in [5.74, 6) is -0.117. The summed E-state index contributed by atoms with van der Waals surface area (Å²) in [5, 5.41) is 9.42. The third kappa shape index (κ3) is 2.07. The molecule has 1 unspecified atom stereocenters. The molecule has 0 bridgehead atoms. The zero-order chi connectivity index (χ0) is 13.3. The molecule has 1 aromatic carbocycles. The average molecular weight is 250 g/mol. The molecule has 2 rings (SSSR count). The third-order valence-electron chi connectivity index (χ3n) is 2.86. The van der Waals surface area contributed by atoms with Crippen LogP contribution in [0.5, 0.6) is 5.75 Å². The van der Waals surface area contributed by atoms with Crippen molar-refractivity contribution in [3.05, 3.63) is 23.8 Å². The number of benzene rings is 1. The second kappa shape index (κ2) is 4.75. The fraction of sp³-hybridized carbons (Fsp3) is 0.333. The quantitative estimate of drug-likeness (QED) is 0.708. The maximum atomic E-state index is 11.8. The zero-order valence-electron chi connectivity index (χ0n) is 9.92. The van der Waals surface area contributed by atoms with Crippen LogP contribution in [-0.4, -0.2) is 43.1 Å². The predicted octanol–water partition coefficient (Wildman–Crippen LogP) is -0.456. The van der Waals surface area contributed by atoms with Gasteiger partial charge in [0.25, 0.3) is 5.91 Å². The summed E-state index contributed by atoms with van der Waals surface area (Å²) in [6.45, 7) is -0.149. The molecule has 6 heteroatoms. The fourth-order valence-corrected chi connectivity index (χ4v) is 1.72. The van der Waals surface area contributed by atoms with E-state index in [-0.39, 0.29) is 19.1 Å². The molecule has 1 aliphatic heterocycles. The molecule has 6 nitrogen and oxygen atoms in total. The largest absolute Gasteiger partial charge is 0.482 e. The van der Waals surface area contributed by atoms with Gasteiger partial charge in [-0.1, -0.05) is 0 Å². The Morgan fingerprint density at radius 2 is 2.33 bits per heavy atom. The Kier molecular flexibility index (Phi) is 3.31. The number of hydrogen-bond acceptors (Lipinski definition) is 5.